The molecule has 2 aliphatic rings. The molecule has 0 heterocycles. The van der Waals surface area contributed by atoms with Gasteiger partial charge in [-0.3, -0.25) is 0 Å². The third-order valence-corrected chi connectivity index (χ3v) is 7.63. The van der Waals surface area contributed by atoms with Gasteiger partial charge in [0.1, 0.15) is 0 Å². The Balaban J connectivity index is 1.24. The van der Waals surface area contributed by atoms with Gasteiger partial charge >= 0.3 is 0 Å². The van der Waals surface area contributed by atoms with Crippen molar-refractivity contribution in [1.82, 2.24) is 0 Å². The predicted molar refractivity (Wildman–Crippen MR) is 149 cm³/mol. The highest BCUT2D eigenvalue weighted by Crippen LogP contribution is 2.36. The van der Waals surface area contributed by atoms with Crippen LogP contribution >= 0.6 is 0 Å². The van der Waals surface area contributed by atoms with E-state index in [2.05, 4.69) is 128 Å². The number of benzene rings is 4. The second kappa shape index (κ2) is 9.07. The second-order valence-corrected chi connectivity index (χ2v) is 9.94. The van der Waals surface area contributed by atoms with E-state index in [0.717, 1.165) is 6.42 Å². The van der Waals surface area contributed by atoms with E-state index < -0.39 is 0 Å². The molecule has 0 aliphatic heterocycles. The quantitative estimate of drug-likeness (QED) is 0.293. The molecule has 6 rings (SSSR count). The molecule has 1 heteroatoms. The van der Waals surface area contributed by atoms with Crippen LogP contribution in [0, 0.1) is 6.92 Å². The van der Waals surface area contributed by atoms with E-state index >= 15 is 0 Å². The van der Waals surface area contributed by atoms with Crippen molar-refractivity contribution in [3.63, 3.8) is 0 Å². The number of hydrogen-bond acceptors (Lipinski definition) is 1. The second-order valence-electron chi connectivity index (χ2n) is 9.94. The van der Waals surface area contributed by atoms with Gasteiger partial charge in [-0.25, -0.2) is 0 Å². The monoisotopic (exact) mass is 453 g/mol. The summed E-state index contributed by atoms with van der Waals surface area (Å²) in [6.07, 6.45) is 10.4. The topological polar surface area (TPSA) is 3.24 Å². The minimum Gasteiger partial charge on any atom is -0.348 e. The molecule has 0 N–H and O–H groups in total. The van der Waals surface area contributed by atoms with Gasteiger partial charge in [-0.2, -0.15) is 0 Å². The van der Waals surface area contributed by atoms with Crippen LogP contribution in [0.2, 0.25) is 0 Å². The number of nitrogens with zero attached hydrogens (tertiary/aromatic N) is 1. The van der Waals surface area contributed by atoms with E-state index in [1.54, 1.807) is 5.56 Å². The van der Waals surface area contributed by atoms with Crippen LogP contribution in [0.4, 0.5) is 5.69 Å². The molecule has 172 valence electrons. The summed E-state index contributed by atoms with van der Waals surface area (Å²) in [5, 5.41) is 0. The summed E-state index contributed by atoms with van der Waals surface area (Å²) in [6, 6.07) is 33.6. The van der Waals surface area contributed by atoms with Crippen molar-refractivity contribution < 1.29 is 0 Å². The molecule has 35 heavy (non-hydrogen) atoms. The van der Waals surface area contributed by atoms with Gasteiger partial charge in [-0.1, -0.05) is 90.5 Å². The highest BCUT2D eigenvalue weighted by atomic mass is 15.1. The van der Waals surface area contributed by atoms with Crippen LogP contribution in [0.5, 0.6) is 0 Å². The zero-order valence-corrected chi connectivity index (χ0v) is 20.5. The van der Waals surface area contributed by atoms with Gasteiger partial charge in [0.2, 0.25) is 0 Å². The maximum atomic E-state index is 2.43. The average Bonchev–Trinajstić information content (AvgIpc) is 2.90. The Labute approximate surface area is 209 Å². The van der Waals surface area contributed by atoms with Gasteiger partial charge in [0.25, 0.3) is 0 Å². The molecule has 0 radical (unpaired) electrons. The highest BCUT2D eigenvalue weighted by molar-refractivity contribution is 5.75. The Morgan fingerprint density at radius 3 is 2.14 bits per heavy atom. The summed E-state index contributed by atoms with van der Waals surface area (Å²) >= 11 is 0. The van der Waals surface area contributed by atoms with E-state index in [4.69, 9.17) is 0 Å². The van der Waals surface area contributed by atoms with Crippen molar-refractivity contribution >= 4 is 5.69 Å². The Morgan fingerprint density at radius 1 is 0.686 bits per heavy atom. The number of aryl methyl sites for hydroxylation is 3. The van der Waals surface area contributed by atoms with E-state index in [1.165, 1.54) is 63.2 Å². The smallest absolute Gasteiger partial charge is 0.0411 e. The van der Waals surface area contributed by atoms with Crippen molar-refractivity contribution in [2.45, 2.75) is 32.1 Å². The minimum atomic E-state index is 0.442. The van der Waals surface area contributed by atoms with Gasteiger partial charge in [0, 0.05) is 24.4 Å². The number of hydrogen-bond donors (Lipinski definition) is 0. The molecular weight excluding hydrogens is 422 g/mol. The summed E-state index contributed by atoms with van der Waals surface area (Å²) in [7, 11) is 2.20. The molecule has 0 spiro atoms. The van der Waals surface area contributed by atoms with Gasteiger partial charge in [-0.15, -0.1) is 0 Å². The fourth-order valence-corrected chi connectivity index (χ4v) is 5.27. The van der Waals surface area contributed by atoms with Gasteiger partial charge < -0.3 is 4.90 Å². The Hall–Kier alpha value is -3.84. The standard InChI is InChI=1S/C34H31N/c1-24-12-14-25(15-13-24)27-6-3-7-28(20-27)29-8-4-10-33(22-29)35(2)34-11-5-9-30(23-34)32-19-17-26-16-18-31(26)21-32/h3-15,17,19-22,30H,16,18,23H2,1-2H3. The zero-order valence-electron chi connectivity index (χ0n) is 20.5. The fraction of sp³-hybridized carbons (Fsp3) is 0.176. The highest BCUT2D eigenvalue weighted by Gasteiger charge is 2.20. The third-order valence-electron chi connectivity index (χ3n) is 7.63. The maximum Gasteiger partial charge on any atom is 0.0411 e. The van der Waals surface area contributed by atoms with Crippen LogP contribution in [0.1, 0.15) is 34.6 Å². The maximum absolute atomic E-state index is 2.43. The van der Waals surface area contributed by atoms with Crippen LogP contribution < -0.4 is 4.90 Å². The van der Waals surface area contributed by atoms with Crippen LogP contribution in [-0.2, 0) is 12.8 Å². The summed E-state index contributed by atoms with van der Waals surface area (Å²) in [4.78, 5) is 2.35. The lowest BCUT2D eigenvalue weighted by molar-refractivity contribution is 0.769. The lowest BCUT2D eigenvalue weighted by atomic mass is 9.82. The molecule has 0 amide bonds. The van der Waals surface area contributed by atoms with Gasteiger partial charge in [0.15, 0.2) is 0 Å². The molecule has 1 nitrogen and oxygen atoms in total. The lowest BCUT2D eigenvalue weighted by Gasteiger charge is -2.29. The normalized spacial score (nSPS) is 16.3. The summed E-state index contributed by atoms with van der Waals surface area (Å²) < 4.78 is 0. The van der Waals surface area contributed by atoms with Gasteiger partial charge in [-0.05, 0) is 89.4 Å². The molecule has 0 bridgehead atoms. The van der Waals surface area contributed by atoms with Crippen molar-refractivity contribution in [3.05, 3.63) is 137 Å². The average molecular weight is 454 g/mol. The summed E-state index contributed by atoms with van der Waals surface area (Å²) in [5.41, 5.74) is 13.4. The Kier molecular flexibility index (Phi) is 5.62. The molecular formula is C34H31N. The van der Waals surface area contributed by atoms with E-state index in [1.807, 2.05) is 0 Å². The van der Waals surface area contributed by atoms with Crippen LogP contribution in [0.3, 0.4) is 0 Å². The summed E-state index contributed by atoms with van der Waals surface area (Å²) in [6.45, 7) is 2.13. The fourth-order valence-electron chi connectivity index (χ4n) is 5.27. The Bertz CT molecular complexity index is 1440. The largest absolute Gasteiger partial charge is 0.348 e. The first kappa shape index (κ1) is 21.7. The van der Waals surface area contributed by atoms with Crippen molar-refractivity contribution in [1.29, 1.82) is 0 Å². The summed E-state index contributed by atoms with van der Waals surface area (Å²) in [5.74, 6) is 0.442. The van der Waals surface area contributed by atoms with Crippen LogP contribution in [0.15, 0.2) is 115 Å². The lowest BCUT2D eigenvalue weighted by Crippen LogP contribution is -2.20. The number of fused-ring (bicyclic) bond motifs is 1. The predicted octanol–water partition coefficient (Wildman–Crippen LogP) is 8.49. The molecule has 1 unspecified atom stereocenters. The Morgan fingerprint density at radius 2 is 1.40 bits per heavy atom. The van der Waals surface area contributed by atoms with E-state index in [9.17, 15) is 0 Å². The third kappa shape index (κ3) is 4.35. The number of rotatable bonds is 5. The molecule has 0 fully saturated rings. The van der Waals surface area contributed by atoms with Crippen molar-refractivity contribution in [2.24, 2.45) is 0 Å². The van der Waals surface area contributed by atoms with E-state index in [0.29, 0.717) is 5.92 Å². The molecule has 1 atom stereocenters. The SMILES string of the molecule is Cc1ccc(-c2cccc(-c3cccc(N(C)C4=CC=CC(c5ccc6c(c5)CC6)C4)c3)c2)cc1. The molecule has 0 saturated heterocycles. The molecule has 2 aliphatic carbocycles. The first-order valence-electron chi connectivity index (χ1n) is 12.6. The van der Waals surface area contributed by atoms with Crippen molar-refractivity contribution in [2.75, 3.05) is 11.9 Å². The first-order valence-corrected chi connectivity index (χ1v) is 12.6. The minimum absolute atomic E-state index is 0.442. The van der Waals surface area contributed by atoms with Crippen molar-refractivity contribution in [3.8, 4) is 22.3 Å². The number of anilines is 1. The first-order chi connectivity index (χ1) is 17.1. The van der Waals surface area contributed by atoms with Crippen LogP contribution in [-0.4, -0.2) is 7.05 Å². The van der Waals surface area contributed by atoms with Gasteiger partial charge in [0.05, 0.1) is 0 Å². The molecule has 0 saturated carbocycles. The number of allylic oxidation sites excluding steroid dienone is 4. The molecule has 4 aromatic rings. The van der Waals surface area contributed by atoms with Crippen LogP contribution in [0.25, 0.3) is 22.3 Å². The zero-order chi connectivity index (χ0) is 23.8. The molecule has 0 aromatic heterocycles. The molecule has 4 aromatic carbocycles. The van der Waals surface area contributed by atoms with E-state index in [-0.39, 0.29) is 0 Å².